The van der Waals surface area contributed by atoms with Crippen LogP contribution in [-0.4, -0.2) is 23.9 Å². The summed E-state index contributed by atoms with van der Waals surface area (Å²) < 4.78 is 13.1. The first-order valence-electron chi connectivity index (χ1n) is 6.34. The smallest absolute Gasteiger partial charge is 0.253 e. The fourth-order valence-corrected chi connectivity index (χ4v) is 2.38. The molecule has 1 aliphatic heterocycles. The molecule has 1 fully saturated rings. The lowest BCUT2D eigenvalue weighted by atomic mass is 9.91. The normalized spacial score (nSPS) is 15.1. The van der Waals surface area contributed by atoms with E-state index in [4.69, 9.17) is 0 Å². The van der Waals surface area contributed by atoms with Crippen molar-refractivity contribution in [3.63, 3.8) is 0 Å². The van der Waals surface area contributed by atoms with Crippen molar-refractivity contribution >= 4 is 5.91 Å². The summed E-state index contributed by atoms with van der Waals surface area (Å²) in [4.78, 5) is 13.9. The third-order valence-corrected chi connectivity index (χ3v) is 3.51. The molecule has 0 aliphatic carbocycles. The Bertz CT molecular complexity index is 591. The van der Waals surface area contributed by atoms with E-state index in [0.29, 0.717) is 24.6 Å². The molecule has 0 bridgehead atoms. The molecular weight excluding hydrogens is 241 g/mol. The molecule has 3 rings (SSSR count). The minimum absolute atomic E-state index is 0.0910. The Kier molecular flexibility index (Phi) is 3.03. The van der Waals surface area contributed by atoms with Crippen molar-refractivity contribution in [3.8, 4) is 0 Å². The monoisotopic (exact) mass is 255 g/mol. The number of amides is 1. The van der Waals surface area contributed by atoms with Crippen LogP contribution >= 0.6 is 0 Å². The Balaban J connectivity index is 1.66. The van der Waals surface area contributed by atoms with E-state index in [0.717, 1.165) is 0 Å². The zero-order chi connectivity index (χ0) is 13.2. The molecule has 2 nitrogen and oxygen atoms in total. The van der Waals surface area contributed by atoms with Crippen molar-refractivity contribution < 1.29 is 9.18 Å². The molecule has 0 atom stereocenters. The quantitative estimate of drug-likeness (QED) is 0.807. The van der Waals surface area contributed by atoms with Gasteiger partial charge >= 0.3 is 0 Å². The highest BCUT2D eigenvalue weighted by atomic mass is 19.1. The highest BCUT2D eigenvalue weighted by molar-refractivity contribution is 5.94. The number of benzene rings is 2. The van der Waals surface area contributed by atoms with Crippen LogP contribution in [0.25, 0.3) is 0 Å². The molecule has 1 aliphatic rings. The molecular formula is C16H14FNO. The van der Waals surface area contributed by atoms with Gasteiger partial charge in [0, 0.05) is 24.6 Å². The van der Waals surface area contributed by atoms with Crippen molar-refractivity contribution in [2.45, 2.75) is 5.92 Å². The number of nitrogens with zero attached hydrogens (tertiary/aromatic N) is 1. The Morgan fingerprint density at radius 3 is 2.47 bits per heavy atom. The maximum absolute atomic E-state index is 13.1. The number of hydrogen-bond acceptors (Lipinski definition) is 1. The Hall–Kier alpha value is -2.16. The highest BCUT2D eigenvalue weighted by Gasteiger charge is 2.32. The molecule has 1 amide bonds. The summed E-state index contributed by atoms with van der Waals surface area (Å²) in [5, 5.41) is 0. The van der Waals surface area contributed by atoms with Crippen molar-refractivity contribution in [3.05, 3.63) is 71.5 Å². The third kappa shape index (κ3) is 2.36. The molecule has 0 saturated carbocycles. The van der Waals surface area contributed by atoms with E-state index in [2.05, 4.69) is 12.1 Å². The van der Waals surface area contributed by atoms with Crippen molar-refractivity contribution in [1.29, 1.82) is 0 Å². The standard InChI is InChI=1S/C16H14FNO/c17-15-8-4-7-13(9-15)16(19)18-10-14(11-18)12-5-2-1-3-6-12/h1-9,14H,10-11H2. The summed E-state index contributed by atoms with van der Waals surface area (Å²) in [6.45, 7) is 1.42. The SMILES string of the molecule is O=C(c1cccc(F)c1)N1CC(c2ccccc2)C1. The Morgan fingerprint density at radius 1 is 1.05 bits per heavy atom. The van der Waals surface area contributed by atoms with Crippen LogP contribution in [0.5, 0.6) is 0 Å². The summed E-state index contributed by atoms with van der Waals surface area (Å²) in [5.41, 5.74) is 1.68. The first-order chi connectivity index (χ1) is 9.24. The largest absolute Gasteiger partial charge is 0.337 e. The third-order valence-electron chi connectivity index (χ3n) is 3.51. The maximum atomic E-state index is 13.1. The van der Waals surface area contributed by atoms with Gasteiger partial charge in [-0.1, -0.05) is 36.4 Å². The fourth-order valence-electron chi connectivity index (χ4n) is 2.38. The van der Waals surface area contributed by atoms with Gasteiger partial charge in [-0.3, -0.25) is 4.79 Å². The van der Waals surface area contributed by atoms with Gasteiger partial charge in [-0.15, -0.1) is 0 Å². The average molecular weight is 255 g/mol. The predicted molar refractivity (Wildman–Crippen MR) is 71.5 cm³/mol. The van der Waals surface area contributed by atoms with Crippen LogP contribution in [0.1, 0.15) is 21.8 Å². The molecule has 3 heteroatoms. The van der Waals surface area contributed by atoms with E-state index in [1.807, 2.05) is 18.2 Å². The van der Waals surface area contributed by atoms with Crippen LogP contribution in [0.4, 0.5) is 4.39 Å². The van der Waals surface area contributed by atoms with Gasteiger partial charge in [0.15, 0.2) is 0 Å². The summed E-state index contributed by atoms with van der Waals surface area (Å²) in [6.07, 6.45) is 0. The zero-order valence-electron chi connectivity index (χ0n) is 10.4. The molecule has 2 aromatic rings. The van der Waals surface area contributed by atoms with Crippen LogP contribution in [0.3, 0.4) is 0 Å². The number of likely N-dealkylation sites (tertiary alicyclic amines) is 1. The summed E-state index contributed by atoms with van der Waals surface area (Å²) in [5.74, 6) is -0.0589. The molecule has 0 radical (unpaired) electrons. The van der Waals surface area contributed by atoms with Gasteiger partial charge in [-0.05, 0) is 23.8 Å². The van der Waals surface area contributed by atoms with E-state index in [1.54, 1.807) is 17.0 Å². The van der Waals surface area contributed by atoms with Gasteiger partial charge in [-0.25, -0.2) is 4.39 Å². The van der Waals surface area contributed by atoms with Crippen LogP contribution in [0, 0.1) is 5.82 Å². The topological polar surface area (TPSA) is 20.3 Å². The Labute approximate surface area is 111 Å². The first kappa shape index (κ1) is 11.9. The molecule has 96 valence electrons. The van der Waals surface area contributed by atoms with Gasteiger partial charge in [0.2, 0.25) is 0 Å². The average Bonchev–Trinajstić information content (AvgIpc) is 2.38. The molecule has 1 heterocycles. The van der Waals surface area contributed by atoms with E-state index in [-0.39, 0.29) is 11.7 Å². The predicted octanol–water partition coefficient (Wildman–Crippen LogP) is 3.07. The van der Waals surface area contributed by atoms with Crippen molar-refractivity contribution in [2.24, 2.45) is 0 Å². The van der Waals surface area contributed by atoms with Crippen LogP contribution < -0.4 is 0 Å². The lowest BCUT2D eigenvalue weighted by molar-refractivity contribution is 0.0602. The highest BCUT2D eigenvalue weighted by Crippen LogP contribution is 2.28. The molecule has 1 saturated heterocycles. The lowest BCUT2D eigenvalue weighted by Crippen LogP contribution is -2.48. The second-order valence-electron chi connectivity index (χ2n) is 4.83. The van der Waals surface area contributed by atoms with Gasteiger partial charge < -0.3 is 4.90 Å². The van der Waals surface area contributed by atoms with E-state index < -0.39 is 0 Å². The van der Waals surface area contributed by atoms with Gasteiger partial charge in [0.05, 0.1) is 0 Å². The Morgan fingerprint density at radius 2 is 1.79 bits per heavy atom. The first-order valence-corrected chi connectivity index (χ1v) is 6.34. The summed E-state index contributed by atoms with van der Waals surface area (Å²) in [6, 6.07) is 16.0. The number of carbonyl (C=O) groups is 1. The van der Waals surface area contributed by atoms with Gasteiger partial charge in [-0.2, -0.15) is 0 Å². The molecule has 0 unspecified atom stereocenters. The molecule has 2 aromatic carbocycles. The fraction of sp³-hybridized carbons (Fsp3) is 0.188. The minimum atomic E-state index is -0.369. The second kappa shape index (κ2) is 4.84. The summed E-state index contributed by atoms with van der Waals surface area (Å²) in [7, 11) is 0. The van der Waals surface area contributed by atoms with Crippen LogP contribution in [-0.2, 0) is 0 Å². The van der Waals surface area contributed by atoms with Crippen LogP contribution in [0.2, 0.25) is 0 Å². The number of halogens is 1. The molecule has 0 spiro atoms. The van der Waals surface area contributed by atoms with Gasteiger partial charge in [0.1, 0.15) is 5.82 Å². The lowest BCUT2D eigenvalue weighted by Gasteiger charge is -2.39. The van der Waals surface area contributed by atoms with Gasteiger partial charge in [0.25, 0.3) is 5.91 Å². The van der Waals surface area contributed by atoms with E-state index in [9.17, 15) is 9.18 Å². The summed E-state index contributed by atoms with van der Waals surface area (Å²) >= 11 is 0. The zero-order valence-corrected chi connectivity index (χ0v) is 10.4. The van der Waals surface area contributed by atoms with Crippen molar-refractivity contribution in [2.75, 3.05) is 13.1 Å². The molecule has 0 N–H and O–H groups in total. The molecule has 19 heavy (non-hydrogen) atoms. The van der Waals surface area contributed by atoms with E-state index >= 15 is 0 Å². The minimum Gasteiger partial charge on any atom is -0.337 e. The van der Waals surface area contributed by atoms with E-state index in [1.165, 1.54) is 17.7 Å². The number of hydrogen-bond donors (Lipinski definition) is 0. The number of rotatable bonds is 2. The van der Waals surface area contributed by atoms with Crippen LogP contribution in [0.15, 0.2) is 54.6 Å². The molecule has 0 aromatic heterocycles. The van der Waals surface area contributed by atoms with Crippen molar-refractivity contribution in [1.82, 2.24) is 4.90 Å². The number of carbonyl (C=O) groups excluding carboxylic acids is 1. The maximum Gasteiger partial charge on any atom is 0.253 e. The second-order valence-corrected chi connectivity index (χ2v) is 4.83.